The number of allylic oxidation sites excluding steroid dienone is 2. The number of rotatable bonds is 1. The van der Waals surface area contributed by atoms with Gasteiger partial charge in [0.25, 0.3) is 0 Å². The van der Waals surface area contributed by atoms with Crippen LogP contribution in [0.4, 0.5) is 0 Å². The summed E-state index contributed by atoms with van der Waals surface area (Å²) >= 11 is 0. The fourth-order valence-corrected chi connectivity index (χ4v) is 4.03. The Morgan fingerprint density at radius 2 is 2.00 bits per heavy atom. The summed E-state index contributed by atoms with van der Waals surface area (Å²) in [5.41, 5.74) is 9.32. The van der Waals surface area contributed by atoms with Gasteiger partial charge in [0.2, 0.25) is 0 Å². The van der Waals surface area contributed by atoms with Crippen molar-refractivity contribution in [1.82, 2.24) is 4.57 Å². The van der Waals surface area contributed by atoms with Crippen LogP contribution in [-0.2, 0) is 7.05 Å². The van der Waals surface area contributed by atoms with E-state index in [4.69, 9.17) is 4.99 Å². The van der Waals surface area contributed by atoms with Crippen LogP contribution >= 0.6 is 0 Å². The molecule has 2 nitrogen and oxygen atoms in total. The Balaban J connectivity index is 2.07. The topological polar surface area (TPSA) is 17.3 Å². The first kappa shape index (κ1) is 12.6. The molecule has 2 aromatic rings. The zero-order chi connectivity index (χ0) is 14.7. The van der Waals surface area contributed by atoms with Crippen molar-refractivity contribution in [2.75, 3.05) is 0 Å². The number of hydrogen-bond donors (Lipinski definition) is 0. The number of aryl methyl sites for hydroxylation is 1. The average molecular weight is 276 g/mol. The van der Waals surface area contributed by atoms with Crippen molar-refractivity contribution in [2.24, 2.45) is 12.0 Å². The van der Waals surface area contributed by atoms with Crippen molar-refractivity contribution in [1.29, 1.82) is 0 Å². The third-order valence-corrected chi connectivity index (χ3v) is 5.02. The lowest BCUT2D eigenvalue weighted by molar-refractivity contribution is 0.769. The van der Waals surface area contributed by atoms with Crippen LogP contribution < -0.4 is 0 Å². The molecule has 0 spiro atoms. The Bertz CT molecular complexity index is 859. The number of aliphatic imine (C=N–C) groups is 1. The molecule has 1 aromatic carbocycles. The molecule has 0 radical (unpaired) electrons. The van der Waals surface area contributed by atoms with Gasteiger partial charge < -0.3 is 4.57 Å². The predicted molar refractivity (Wildman–Crippen MR) is 89.7 cm³/mol. The van der Waals surface area contributed by atoms with Gasteiger partial charge in [0, 0.05) is 40.8 Å². The Kier molecular flexibility index (Phi) is 2.53. The van der Waals surface area contributed by atoms with Crippen LogP contribution in [0.15, 0.2) is 46.1 Å². The highest BCUT2D eigenvalue weighted by Gasteiger charge is 2.32. The minimum absolute atomic E-state index is 0.408. The summed E-state index contributed by atoms with van der Waals surface area (Å²) < 4.78 is 2.35. The standard InChI is InChI=1S/C19H20N2/c1-5-15-11(2)18-12(3)19-14(10-16(18)20-15)13-8-6-7-9-17(13)21(19)4/h6-10,12H,5H2,1-4H3. The van der Waals surface area contributed by atoms with Gasteiger partial charge in [-0.3, -0.25) is 4.99 Å². The van der Waals surface area contributed by atoms with Crippen molar-refractivity contribution in [3.63, 3.8) is 0 Å². The monoisotopic (exact) mass is 276 g/mol. The van der Waals surface area contributed by atoms with E-state index in [0.717, 1.165) is 6.42 Å². The maximum Gasteiger partial charge on any atom is 0.0681 e. The minimum Gasteiger partial charge on any atom is -0.346 e. The molecule has 2 heteroatoms. The SMILES string of the molecule is CCC1=NC2=Cc3c(n(C)c4ccccc34)C(C)C2=C1C. The van der Waals surface area contributed by atoms with Crippen LogP contribution in [0.25, 0.3) is 17.0 Å². The van der Waals surface area contributed by atoms with E-state index in [0.29, 0.717) is 5.92 Å². The molecule has 1 aromatic heterocycles. The van der Waals surface area contributed by atoms with E-state index < -0.39 is 0 Å². The third-order valence-electron chi connectivity index (χ3n) is 5.02. The van der Waals surface area contributed by atoms with E-state index >= 15 is 0 Å². The van der Waals surface area contributed by atoms with Crippen LogP contribution in [0.3, 0.4) is 0 Å². The molecule has 1 atom stereocenters. The van der Waals surface area contributed by atoms with Gasteiger partial charge in [-0.2, -0.15) is 0 Å². The number of hydrogen-bond acceptors (Lipinski definition) is 1. The van der Waals surface area contributed by atoms with Crippen molar-refractivity contribution in [2.45, 2.75) is 33.1 Å². The summed E-state index contributed by atoms with van der Waals surface area (Å²) in [6.07, 6.45) is 3.30. The Labute approximate surface area is 125 Å². The number of fused-ring (bicyclic) bond motifs is 4. The van der Waals surface area contributed by atoms with Gasteiger partial charge in [-0.15, -0.1) is 0 Å². The first-order chi connectivity index (χ1) is 10.1. The van der Waals surface area contributed by atoms with Gasteiger partial charge in [-0.1, -0.05) is 32.0 Å². The van der Waals surface area contributed by atoms with Crippen LogP contribution in [0.5, 0.6) is 0 Å². The summed E-state index contributed by atoms with van der Waals surface area (Å²) in [5.74, 6) is 0.408. The Morgan fingerprint density at radius 3 is 2.76 bits per heavy atom. The first-order valence-electron chi connectivity index (χ1n) is 7.71. The molecule has 0 saturated carbocycles. The van der Waals surface area contributed by atoms with Crippen LogP contribution in [0.2, 0.25) is 0 Å². The molecule has 0 fully saturated rings. The lowest BCUT2D eigenvalue weighted by Crippen LogP contribution is -2.10. The molecule has 0 saturated heterocycles. The quantitative estimate of drug-likeness (QED) is 0.710. The normalized spacial score (nSPS) is 20.5. The molecule has 2 heterocycles. The molecule has 1 aliphatic heterocycles. The van der Waals surface area contributed by atoms with Gasteiger partial charge in [-0.05, 0) is 36.6 Å². The van der Waals surface area contributed by atoms with Gasteiger partial charge in [-0.25, -0.2) is 0 Å². The van der Waals surface area contributed by atoms with E-state index in [9.17, 15) is 0 Å². The number of nitrogens with zero attached hydrogens (tertiary/aromatic N) is 2. The van der Waals surface area contributed by atoms with Crippen molar-refractivity contribution >= 4 is 22.7 Å². The summed E-state index contributed by atoms with van der Waals surface area (Å²) in [6.45, 7) is 6.73. The molecule has 21 heavy (non-hydrogen) atoms. The molecule has 0 amide bonds. The Morgan fingerprint density at radius 1 is 1.24 bits per heavy atom. The molecule has 0 N–H and O–H groups in total. The summed E-state index contributed by atoms with van der Waals surface area (Å²) in [4.78, 5) is 4.87. The lowest BCUT2D eigenvalue weighted by atomic mass is 9.84. The van der Waals surface area contributed by atoms with Gasteiger partial charge in [0.05, 0.1) is 5.70 Å². The molecule has 0 bridgehead atoms. The van der Waals surface area contributed by atoms with E-state index in [2.05, 4.69) is 62.7 Å². The van der Waals surface area contributed by atoms with Gasteiger partial charge >= 0.3 is 0 Å². The second-order valence-corrected chi connectivity index (χ2v) is 6.08. The molecule has 1 unspecified atom stereocenters. The number of aromatic nitrogens is 1. The molecule has 2 aliphatic rings. The molecule has 4 rings (SSSR count). The minimum atomic E-state index is 0.408. The highest BCUT2D eigenvalue weighted by molar-refractivity contribution is 6.06. The maximum absolute atomic E-state index is 4.87. The van der Waals surface area contributed by atoms with Crippen molar-refractivity contribution in [3.05, 3.63) is 52.4 Å². The molecule has 1 aliphatic carbocycles. The molecular formula is C19H20N2. The lowest BCUT2D eigenvalue weighted by Gasteiger charge is -2.22. The fraction of sp³-hybridized carbons (Fsp3) is 0.316. The highest BCUT2D eigenvalue weighted by Crippen LogP contribution is 2.46. The third kappa shape index (κ3) is 1.50. The van der Waals surface area contributed by atoms with E-state index in [1.807, 2.05) is 0 Å². The highest BCUT2D eigenvalue weighted by atomic mass is 15.0. The van der Waals surface area contributed by atoms with Gasteiger partial charge in [0.1, 0.15) is 0 Å². The van der Waals surface area contributed by atoms with E-state index in [-0.39, 0.29) is 0 Å². The van der Waals surface area contributed by atoms with Crippen LogP contribution in [0.1, 0.15) is 44.4 Å². The zero-order valence-electron chi connectivity index (χ0n) is 13.1. The summed E-state index contributed by atoms with van der Waals surface area (Å²) in [7, 11) is 2.18. The smallest absolute Gasteiger partial charge is 0.0681 e. The van der Waals surface area contributed by atoms with E-state index in [1.54, 1.807) is 0 Å². The largest absolute Gasteiger partial charge is 0.346 e. The van der Waals surface area contributed by atoms with Gasteiger partial charge in [0.15, 0.2) is 0 Å². The van der Waals surface area contributed by atoms with Crippen molar-refractivity contribution < 1.29 is 0 Å². The average Bonchev–Trinajstić information content (AvgIpc) is 2.96. The predicted octanol–water partition coefficient (Wildman–Crippen LogP) is 4.82. The molecule has 106 valence electrons. The summed E-state index contributed by atoms with van der Waals surface area (Å²) in [5, 5.41) is 1.34. The van der Waals surface area contributed by atoms with E-state index in [1.165, 1.54) is 44.7 Å². The second-order valence-electron chi connectivity index (χ2n) is 6.08. The van der Waals surface area contributed by atoms with Crippen molar-refractivity contribution in [3.8, 4) is 0 Å². The molecular weight excluding hydrogens is 256 g/mol. The van der Waals surface area contributed by atoms with Crippen LogP contribution in [-0.4, -0.2) is 10.3 Å². The maximum atomic E-state index is 4.87. The number of benzene rings is 1. The zero-order valence-corrected chi connectivity index (χ0v) is 13.1. The Hall–Kier alpha value is -2.09. The summed E-state index contributed by atoms with van der Waals surface area (Å²) in [6, 6.07) is 8.66. The fourth-order valence-electron chi connectivity index (χ4n) is 4.03. The van der Waals surface area contributed by atoms with Crippen LogP contribution in [0, 0.1) is 0 Å². The first-order valence-corrected chi connectivity index (χ1v) is 7.71. The number of para-hydroxylation sites is 1. The second kappa shape index (κ2) is 4.20.